The van der Waals surface area contributed by atoms with Crippen LogP contribution in [-0.4, -0.2) is 5.91 Å². The van der Waals surface area contributed by atoms with Gasteiger partial charge < -0.3 is 10.1 Å². The summed E-state index contributed by atoms with van der Waals surface area (Å²) in [6, 6.07) is 24.8. The van der Waals surface area contributed by atoms with E-state index in [0.29, 0.717) is 17.9 Å². The van der Waals surface area contributed by atoms with Crippen LogP contribution in [0.25, 0.3) is 0 Å². The summed E-state index contributed by atoms with van der Waals surface area (Å²) >= 11 is 0. The van der Waals surface area contributed by atoms with Crippen molar-refractivity contribution in [3.05, 3.63) is 95.6 Å². The molecular weight excluding hydrogens is 298 g/mol. The second kappa shape index (κ2) is 7.47. The van der Waals surface area contributed by atoms with E-state index in [-0.39, 0.29) is 5.91 Å². The summed E-state index contributed by atoms with van der Waals surface area (Å²) in [5, 5.41) is 2.91. The average molecular weight is 317 g/mol. The summed E-state index contributed by atoms with van der Waals surface area (Å²) < 4.78 is 5.79. The quantitative estimate of drug-likeness (QED) is 0.739. The van der Waals surface area contributed by atoms with Gasteiger partial charge in [-0.2, -0.15) is 0 Å². The lowest BCUT2D eigenvalue weighted by Gasteiger charge is -2.08. The molecule has 0 radical (unpaired) electrons. The van der Waals surface area contributed by atoms with Crippen molar-refractivity contribution >= 4 is 5.91 Å². The highest BCUT2D eigenvalue weighted by Crippen LogP contribution is 2.22. The Balaban J connectivity index is 1.60. The van der Waals surface area contributed by atoms with Gasteiger partial charge in [-0.05, 0) is 54.4 Å². The van der Waals surface area contributed by atoms with Gasteiger partial charge in [-0.15, -0.1) is 0 Å². The Hall–Kier alpha value is -3.07. The van der Waals surface area contributed by atoms with Crippen LogP contribution in [0, 0.1) is 6.92 Å². The molecule has 3 nitrogen and oxygen atoms in total. The number of hydrogen-bond donors (Lipinski definition) is 1. The summed E-state index contributed by atoms with van der Waals surface area (Å²) in [6.45, 7) is 2.54. The monoisotopic (exact) mass is 317 g/mol. The molecule has 3 heteroatoms. The maximum Gasteiger partial charge on any atom is 0.251 e. The Bertz CT molecular complexity index is 811. The highest BCUT2D eigenvalue weighted by atomic mass is 16.5. The van der Waals surface area contributed by atoms with E-state index in [1.807, 2.05) is 61.5 Å². The third-order valence-electron chi connectivity index (χ3n) is 3.64. The van der Waals surface area contributed by atoms with Crippen LogP contribution in [0.4, 0.5) is 0 Å². The van der Waals surface area contributed by atoms with E-state index < -0.39 is 0 Å². The van der Waals surface area contributed by atoms with Crippen molar-refractivity contribution in [2.75, 3.05) is 0 Å². The molecule has 0 bridgehead atoms. The smallest absolute Gasteiger partial charge is 0.251 e. The first-order valence-electron chi connectivity index (χ1n) is 7.87. The maximum atomic E-state index is 12.2. The topological polar surface area (TPSA) is 38.3 Å². The van der Waals surface area contributed by atoms with Crippen molar-refractivity contribution in [3.63, 3.8) is 0 Å². The molecule has 0 aliphatic heterocycles. The summed E-state index contributed by atoms with van der Waals surface area (Å²) in [5.41, 5.74) is 2.83. The van der Waals surface area contributed by atoms with Crippen LogP contribution in [0.1, 0.15) is 21.5 Å². The molecule has 1 amide bonds. The number of benzene rings is 3. The highest BCUT2D eigenvalue weighted by molar-refractivity contribution is 5.94. The van der Waals surface area contributed by atoms with Gasteiger partial charge in [-0.25, -0.2) is 0 Å². The van der Waals surface area contributed by atoms with E-state index >= 15 is 0 Å². The molecule has 3 aromatic carbocycles. The molecule has 0 aliphatic rings. The summed E-state index contributed by atoms with van der Waals surface area (Å²) in [7, 11) is 0. The first-order chi connectivity index (χ1) is 11.7. The standard InChI is InChI=1S/C21H19NO2/c1-16-6-5-9-20(14-16)24-19-12-10-18(11-13-19)21(23)22-15-17-7-3-2-4-8-17/h2-14H,15H2,1H3,(H,22,23). The lowest BCUT2D eigenvalue weighted by molar-refractivity contribution is 0.0951. The van der Waals surface area contributed by atoms with Crippen molar-refractivity contribution in [1.82, 2.24) is 5.32 Å². The van der Waals surface area contributed by atoms with Gasteiger partial charge in [-0.1, -0.05) is 42.5 Å². The number of rotatable bonds is 5. The Morgan fingerprint density at radius 2 is 1.62 bits per heavy atom. The van der Waals surface area contributed by atoms with E-state index in [0.717, 1.165) is 16.9 Å². The molecule has 3 aromatic rings. The predicted octanol–water partition coefficient (Wildman–Crippen LogP) is 4.72. The lowest BCUT2D eigenvalue weighted by Crippen LogP contribution is -2.22. The zero-order valence-corrected chi connectivity index (χ0v) is 13.5. The van der Waals surface area contributed by atoms with Gasteiger partial charge in [0.15, 0.2) is 0 Å². The highest BCUT2D eigenvalue weighted by Gasteiger charge is 2.06. The number of aryl methyl sites for hydroxylation is 1. The molecule has 0 atom stereocenters. The molecular formula is C21H19NO2. The minimum Gasteiger partial charge on any atom is -0.457 e. The van der Waals surface area contributed by atoms with Crippen molar-refractivity contribution in [3.8, 4) is 11.5 Å². The molecule has 0 fully saturated rings. The molecule has 0 aliphatic carbocycles. The number of carbonyl (C=O) groups is 1. The normalized spacial score (nSPS) is 10.2. The van der Waals surface area contributed by atoms with Gasteiger partial charge in [-0.3, -0.25) is 4.79 Å². The second-order valence-electron chi connectivity index (χ2n) is 5.61. The van der Waals surface area contributed by atoms with Crippen LogP contribution in [-0.2, 0) is 6.54 Å². The largest absolute Gasteiger partial charge is 0.457 e. The van der Waals surface area contributed by atoms with E-state index in [1.165, 1.54) is 0 Å². The van der Waals surface area contributed by atoms with E-state index in [1.54, 1.807) is 24.3 Å². The number of nitrogens with one attached hydrogen (secondary N) is 1. The molecule has 24 heavy (non-hydrogen) atoms. The fourth-order valence-electron chi connectivity index (χ4n) is 2.37. The van der Waals surface area contributed by atoms with Crippen molar-refractivity contribution < 1.29 is 9.53 Å². The van der Waals surface area contributed by atoms with Gasteiger partial charge in [0.25, 0.3) is 5.91 Å². The van der Waals surface area contributed by atoms with Gasteiger partial charge in [0.2, 0.25) is 0 Å². The number of carbonyl (C=O) groups excluding carboxylic acids is 1. The Labute approximate surface area is 141 Å². The van der Waals surface area contributed by atoms with Gasteiger partial charge in [0.1, 0.15) is 11.5 Å². The van der Waals surface area contributed by atoms with Crippen molar-refractivity contribution in [2.24, 2.45) is 0 Å². The zero-order chi connectivity index (χ0) is 16.8. The van der Waals surface area contributed by atoms with Crippen LogP contribution in [0.15, 0.2) is 78.9 Å². The van der Waals surface area contributed by atoms with E-state index in [2.05, 4.69) is 5.32 Å². The summed E-state index contributed by atoms with van der Waals surface area (Å²) in [6.07, 6.45) is 0. The van der Waals surface area contributed by atoms with Crippen molar-refractivity contribution in [2.45, 2.75) is 13.5 Å². The van der Waals surface area contributed by atoms with E-state index in [9.17, 15) is 4.79 Å². The minimum absolute atomic E-state index is 0.0963. The number of amides is 1. The molecule has 0 saturated heterocycles. The first kappa shape index (κ1) is 15.8. The molecule has 0 spiro atoms. The second-order valence-corrected chi connectivity index (χ2v) is 5.61. The summed E-state index contributed by atoms with van der Waals surface area (Å²) in [4.78, 5) is 12.2. The minimum atomic E-state index is -0.0963. The first-order valence-corrected chi connectivity index (χ1v) is 7.87. The molecule has 0 unspecified atom stereocenters. The Morgan fingerprint density at radius 3 is 2.33 bits per heavy atom. The molecule has 0 heterocycles. The fraction of sp³-hybridized carbons (Fsp3) is 0.0952. The van der Waals surface area contributed by atoms with Crippen molar-refractivity contribution in [1.29, 1.82) is 0 Å². The average Bonchev–Trinajstić information content (AvgIpc) is 2.61. The third-order valence-corrected chi connectivity index (χ3v) is 3.64. The van der Waals surface area contributed by atoms with Crippen LogP contribution in [0.2, 0.25) is 0 Å². The van der Waals surface area contributed by atoms with E-state index in [4.69, 9.17) is 4.74 Å². The molecule has 3 rings (SSSR count). The number of hydrogen-bond acceptors (Lipinski definition) is 2. The van der Waals surface area contributed by atoms with Crippen LogP contribution in [0.5, 0.6) is 11.5 Å². The SMILES string of the molecule is Cc1cccc(Oc2ccc(C(=O)NCc3ccccc3)cc2)c1. The third kappa shape index (κ3) is 4.23. The van der Waals surface area contributed by atoms with Gasteiger partial charge in [0, 0.05) is 12.1 Å². The zero-order valence-electron chi connectivity index (χ0n) is 13.5. The van der Waals surface area contributed by atoms with Crippen LogP contribution in [0.3, 0.4) is 0 Å². The predicted molar refractivity (Wildman–Crippen MR) is 95.3 cm³/mol. The summed E-state index contributed by atoms with van der Waals surface area (Å²) in [5.74, 6) is 1.40. The number of ether oxygens (including phenoxy) is 1. The van der Waals surface area contributed by atoms with Gasteiger partial charge >= 0.3 is 0 Å². The maximum absolute atomic E-state index is 12.2. The molecule has 0 saturated carbocycles. The Kier molecular flexibility index (Phi) is 4.92. The van der Waals surface area contributed by atoms with Crippen LogP contribution < -0.4 is 10.1 Å². The Morgan fingerprint density at radius 1 is 0.875 bits per heavy atom. The lowest BCUT2D eigenvalue weighted by atomic mass is 10.2. The van der Waals surface area contributed by atoms with Crippen LogP contribution >= 0.6 is 0 Å². The van der Waals surface area contributed by atoms with Gasteiger partial charge in [0.05, 0.1) is 0 Å². The molecule has 120 valence electrons. The molecule has 0 aromatic heterocycles. The molecule has 1 N–H and O–H groups in total. The fourth-order valence-corrected chi connectivity index (χ4v) is 2.37.